The van der Waals surface area contributed by atoms with Gasteiger partial charge in [-0.3, -0.25) is 9.63 Å². The predicted molar refractivity (Wildman–Crippen MR) is 61.1 cm³/mol. The number of carbonyl (C=O) groups is 2. The van der Waals surface area contributed by atoms with Crippen molar-refractivity contribution in [2.24, 2.45) is 5.92 Å². The average molecular weight is 247 g/mol. The third kappa shape index (κ3) is 2.09. The van der Waals surface area contributed by atoms with Gasteiger partial charge in [-0.05, 0) is 18.4 Å². The molecule has 0 spiro atoms. The van der Waals surface area contributed by atoms with Crippen LogP contribution in [0, 0.1) is 5.92 Å². The van der Waals surface area contributed by atoms with Gasteiger partial charge in [0, 0.05) is 5.92 Å². The maximum atomic E-state index is 11.9. The molecule has 0 aromatic heterocycles. The van der Waals surface area contributed by atoms with Crippen molar-refractivity contribution in [2.75, 3.05) is 0 Å². The van der Waals surface area contributed by atoms with Crippen molar-refractivity contribution in [3.63, 3.8) is 0 Å². The third-order valence-electron chi connectivity index (χ3n) is 3.09. The lowest BCUT2D eigenvalue weighted by Gasteiger charge is -2.10. The molecule has 3 rings (SSSR count). The number of ether oxygens (including phenoxy) is 1. The molecule has 0 N–H and O–H groups in total. The van der Waals surface area contributed by atoms with Crippen LogP contribution >= 0.6 is 0 Å². The lowest BCUT2D eigenvalue weighted by Crippen LogP contribution is -2.32. The van der Waals surface area contributed by atoms with E-state index in [4.69, 9.17) is 9.57 Å². The van der Waals surface area contributed by atoms with Gasteiger partial charge in [0.25, 0.3) is 5.91 Å². The number of imide groups is 1. The quantitative estimate of drug-likeness (QED) is 0.815. The number of rotatable bonds is 4. The summed E-state index contributed by atoms with van der Waals surface area (Å²) in [6.45, 7) is 0.180. The number of hydrogen-bond donors (Lipinski definition) is 0. The summed E-state index contributed by atoms with van der Waals surface area (Å²) in [6, 6.07) is 9.36. The van der Waals surface area contributed by atoms with Gasteiger partial charge in [0.1, 0.15) is 6.61 Å². The molecule has 1 heterocycles. The second kappa shape index (κ2) is 4.42. The highest BCUT2D eigenvalue weighted by Gasteiger charge is 2.49. The minimum absolute atomic E-state index is 0.180. The van der Waals surface area contributed by atoms with E-state index >= 15 is 0 Å². The highest BCUT2D eigenvalue weighted by molar-refractivity contribution is 5.99. The smallest absolute Gasteiger partial charge is 0.434 e. The Morgan fingerprint density at radius 3 is 2.61 bits per heavy atom. The summed E-state index contributed by atoms with van der Waals surface area (Å²) in [7, 11) is 0. The van der Waals surface area contributed by atoms with E-state index in [9.17, 15) is 9.59 Å². The zero-order valence-electron chi connectivity index (χ0n) is 9.74. The first-order valence-corrected chi connectivity index (χ1v) is 5.97. The number of benzene rings is 1. The molecule has 1 saturated carbocycles. The minimum atomic E-state index is -0.701. The van der Waals surface area contributed by atoms with E-state index < -0.39 is 12.2 Å². The molecule has 2 fully saturated rings. The Labute approximate surface area is 104 Å². The Kier molecular flexibility index (Phi) is 2.76. The number of carbonyl (C=O) groups excluding carboxylic acids is 2. The van der Waals surface area contributed by atoms with E-state index in [1.54, 1.807) is 0 Å². The zero-order chi connectivity index (χ0) is 12.5. The standard InChI is InChI=1S/C13H13NO4/c15-12-11(10-6-7-10)18-13(16)14(12)17-8-9-4-2-1-3-5-9/h1-5,10-11H,6-8H2. The van der Waals surface area contributed by atoms with E-state index in [0.717, 1.165) is 23.5 Å². The van der Waals surface area contributed by atoms with Crippen LogP contribution in [0.15, 0.2) is 30.3 Å². The van der Waals surface area contributed by atoms with Crippen LogP contribution < -0.4 is 0 Å². The van der Waals surface area contributed by atoms with Gasteiger partial charge in [-0.15, -0.1) is 5.06 Å². The fourth-order valence-electron chi connectivity index (χ4n) is 1.94. The second-order valence-corrected chi connectivity index (χ2v) is 4.53. The van der Waals surface area contributed by atoms with Crippen molar-refractivity contribution >= 4 is 12.0 Å². The van der Waals surface area contributed by atoms with Crippen LogP contribution in [0.5, 0.6) is 0 Å². The summed E-state index contributed by atoms with van der Waals surface area (Å²) >= 11 is 0. The molecule has 1 aliphatic heterocycles. The summed E-state index contributed by atoms with van der Waals surface area (Å²) in [5, 5.41) is 0.746. The fraction of sp³-hybridized carbons (Fsp3) is 0.385. The van der Waals surface area contributed by atoms with Gasteiger partial charge in [-0.25, -0.2) is 4.79 Å². The summed E-state index contributed by atoms with van der Waals surface area (Å²) in [5.41, 5.74) is 0.896. The first-order chi connectivity index (χ1) is 8.75. The summed E-state index contributed by atoms with van der Waals surface area (Å²) < 4.78 is 5.01. The van der Waals surface area contributed by atoms with Crippen LogP contribution in [-0.4, -0.2) is 23.2 Å². The van der Waals surface area contributed by atoms with E-state index in [1.165, 1.54) is 0 Å². The molecular weight excluding hydrogens is 234 g/mol. The second-order valence-electron chi connectivity index (χ2n) is 4.53. The molecule has 94 valence electrons. The maximum absolute atomic E-state index is 11.9. The topological polar surface area (TPSA) is 55.8 Å². The first kappa shape index (κ1) is 11.2. The Balaban J connectivity index is 1.62. The molecule has 0 bridgehead atoms. The van der Waals surface area contributed by atoms with E-state index in [1.807, 2.05) is 30.3 Å². The van der Waals surface area contributed by atoms with Gasteiger partial charge < -0.3 is 4.74 Å². The molecule has 1 aliphatic carbocycles. The third-order valence-corrected chi connectivity index (χ3v) is 3.09. The molecule has 1 saturated heterocycles. The van der Waals surface area contributed by atoms with Crippen LogP contribution in [0.3, 0.4) is 0 Å². The molecule has 5 heteroatoms. The molecule has 18 heavy (non-hydrogen) atoms. The Hall–Kier alpha value is -1.88. The number of amides is 2. The van der Waals surface area contributed by atoms with E-state index in [-0.39, 0.29) is 18.4 Å². The molecule has 0 radical (unpaired) electrons. The summed E-state index contributed by atoms with van der Waals surface area (Å²) in [4.78, 5) is 28.6. The molecule has 1 aromatic carbocycles. The normalized spacial score (nSPS) is 23.3. The van der Waals surface area contributed by atoms with Crippen molar-refractivity contribution < 1.29 is 19.2 Å². The molecular formula is C13H13NO4. The van der Waals surface area contributed by atoms with Gasteiger partial charge >= 0.3 is 6.09 Å². The van der Waals surface area contributed by atoms with Crippen molar-refractivity contribution in [1.29, 1.82) is 0 Å². The van der Waals surface area contributed by atoms with Crippen LogP contribution in [0.4, 0.5) is 4.79 Å². The first-order valence-electron chi connectivity index (χ1n) is 5.97. The van der Waals surface area contributed by atoms with Crippen molar-refractivity contribution in [2.45, 2.75) is 25.6 Å². The van der Waals surface area contributed by atoms with Gasteiger partial charge in [-0.2, -0.15) is 0 Å². The molecule has 1 aromatic rings. The number of nitrogens with zero attached hydrogens (tertiary/aromatic N) is 1. The molecule has 5 nitrogen and oxygen atoms in total. The van der Waals surface area contributed by atoms with Gasteiger partial charge in [0.05, 0.1) is 0 Å². The highest BCUT2D eigenvalue weighted by Crippen LogP contribution is 2.37. The van der Waals surface area contributed by atoms with Crippen molar-refractivity contribution in [3.05, 3.63) is 35.9 Å². The highest BCUT2D eigenvalue weighted by atomic mass is 16.8. The van der Waals surface area contributed by atoms with Crippen LogP contribution in [0.25, 0.3) is 0 Å². The lowest BCUT2D eigenvalue weighted by atomic mass is 10.2. The van der Waals surface area contributed by atoms with Gasteiger partial charge in [-0.1, -0.05) is 30.3 Å². The van der Waals surface area contributed by atoms with Gasteiger partial charge in [0.15, 0.2) is 6.10 Å². The minimum Gasteiger partial charge on any atom is -0.434 e. The van der Waals surface area contributed by atoms with Crippen LogP contribution in [-0.2, 0) is 21.0 Å². The number of cyclic esters (lactones) is 1. The summed E-state index contributed by atoms with van der Waals surface area (Å²) in [6.07, 6.45) is 0.549. The molecule has 1 atom stereocenters. The Bertz CT molecular complexity index is 469. The summed E-state index contributed by atoms with van der Waals surface area (Å²) in [5.74, 6) is -0.190. The fourth-order valence-corrected chi connectivity index (χ4v) is 1.94. The van der Waals surface area contributed by atoms with Crippen LogP contribution in [0.1, 0.15) is 18.4 Å². The van der Waals surface area contributed by atoms with Gasteiger partial charge in [0.2, 0.25) is 0 Å². The van der Waals surface area contributed by atoms with Crippen LogP contribution in [0.2, 0.25) is 0 Å². The van der Waals surface area contributed by atoms with Crippen molar-refractivity contribution in [1.82, 2.24) is 5.06 Å². The molecule has 1 unspecified atom stereocenters. The predicted octanol–water partition coefficient (Wildman–Crippen LogP) is 1.88. The number of hydrogen-bond acceptors (Lipinski definition) is 4. The largest absolute Gasteiger partial charge is 0.442 e. The molecule has 2 amide bonds. The SMILES string of the molecule is O=C1OC(C2CC2)C(=O)N1OCc1ccccc1. The Morgan fingerprint density at radius 1 is 1.22 bits per heavy atom. The van der Waals surface area contributed by atoms with E-state index in [2.05, 4.69) is 0 Å². The molecule has 2 aliphatic rings. The van der Waals surface area contributed by atoms with Crippen molar-refractivity contribution in [3.8, 4) is 0 Å². The monoisotopic (exact) mass is 247 g/mol. The lowest BCUT2D eigenvalue weighted by molar-refractivity contribution is -0.167. The maximum Gasteiger partial charge on any atom is 0.442 e. The number of hydroxylamine groups is 2. The Morgan fingerprint density at radius 2 is 1.94 bits per heavy atom. The average Bonchev–Trinajstić information content (AvgIpc) is 3.17. The van der Waals surface area contributed by atoms with E-state index in [0.29, 0.717) is 0 Å². The zero-order valence-corrected chi connectivity index (χ0v) is 9.74.